The highest BCUT2D eigenvalue weighted by Crippen LogP contribution is 2.28. The summed E-state index contributed by atoms with van der Waals surface area (Å²) in [5, 5.41) is 12.8. The van der Waals surface area contributed by atoms with Gasteiger partial charge in [-0.3, -0.25) is 9.59 Å². The van der Waals surface area contributed by atoms with Crippen LogP contribution in [-0.4, -0.2) is 16.9 Å². The number of benzene rings is 3. The van der Waals surface area contributed by atoms with Gasteiger partial charge in [-0.15, -0.1) is 0 Å². The van der Waals surface area contributed by atoms with E-state index in [1.54, 1.807) is 25.1 Å². The van der Waals surface area contributed by atoms with Crippen molar-refractivity contribution in [2.24, 2.45) is 5.92 Å². The van der Waals surface area contributed by atoms with Gasteiger partial charge in [0, 0.05) is 22.5 Å². The molecule has 0 saturated heterocycles. The summed E-state index contributed by atoms with van der Waals surface area (Å²) in [5.74, 6) is -1.30. The number of hydrogen-bond acceptors (Lipinski definition) is 3. The predicted octanol–water partition coefficient (Wildman–Crippen LogP) is 6.28. The molecule has 3 aromatic rings. The van der Waals surface area contributed by atoms with Crippen LogP contribution in [0, 0.1) is 12.8 Å². The lowest BCUT2D eigenvalue weighted by atomic mass is 9.98. The number of nitrogens with one attached hydrogen (secondary N) is 1. The Morgan fingerprint density at radius 3 is 2.40 bits per heavy atom. The van der Waals surface area contributed by atoms with Crippen LogP contribution in [0.15, 0.2) is 66.7 Å². The van der Waals surface area contributed by atoms with Crippen LogP contribution in [0.25, 0.3) is 0 Å². The standard InChI is InChI=1S/C25H24ClNO3/c1-16-7-3-5-9-20(16)24(28)21-14-13-19(15-22(21)26)27-23-10-6-4-8-18(23)12-11-17(2)25(29)30/h3-10,13-15,17,27H,11-12H2,1-2H3,(H,29,30). The third-order valence-electron chi connectivity index (χ3n) is 5.17. The molecule has 3 aromatic carbocycles. The summed E-state index contributed by atoms with van der Waals surface area (Å²) in [5.41, 5.74) is 4.69. The van der Waals surface area contributed by atoms with E-state index in [9.17, 15) is 9.59 Å². The maximum absolute atomic E-state index is 12.9. The Bertz CT molecular complexity index is 1080. The number of carbonyl (C=O) groups is 2. The number of aryl methyl sites for hydroxylation is 2. The molecular weight excluding hydrogens is 398 g/mol. The second-order valence-electron chi connectivity index (χ2n) is 7.40. The number of carbonyl (C=O) groups excluding carboxylic acids is 1. The number of para-hydroxylation sites is 1. The van der Waals surface area contributed by atoms with E-state index in [0.29, 0.717) is 29.0 Å². The molecule has 1 unspecified atom stereocenters. The van der Waals surface area contributed by atoms with Gasteiger partial charge in [0.05, 0.1) is 10.9 Å². The summed E-state index contributed by atoms with van der Waals surface area (Å²) >= 11 is 6.44. The van der Waals surface area contributed by atoms with Crippen LogP contribution < -0.4 is 5.32 Å². The molecule has 30 heavy (non-hydrogen) atoms. The van der Waals surface area contributed by atoms with Crippen LogP contribution >= 0.6 is 11.6 Å². The molecule has 2 N–H and O–H groups in total. The topological polar surface area (TPSA) is 66.4 Å². The van der Waals surface area contributed by atoms with E-state index in [2.05, 4.69) is 5.32 Å². The molecule has 154 valence electrons. The number of carboxylic acid groups (broad SMARTS) is 1. The molecule has 1 atom stereocenters. The number of aliphatic carboxylic acids is 1. The first kappa shape index (κ1) is 21.6. The van der Waals surface area contributed by atoms with E-state index in [0.717, 1.165) is 22.5 Å². The molecule has 0 radical (unpaired) electrons. The molecule has 0 aliphatic rings. The average Bonchev–Trinajstić information content (AvgIpc) is 2.73. The minimum absolute atomic E-state index is 0.104. The van der Waals surface area contributed by atoms with Crippen molar-refractivity contribution in [1.29, 1.82) is 0 Å². The Morgan fingerprint density at radius 1 is 1.00 bits per heavy atom. The van der Waals surface area contributed by atoms with Crippen molar-refractivity contribution in [3.8, 4) is 0 Å². The van der Waals surface area contributed by atoms with E-state index >= 15 is 0 Å². The van der Waals surface area contributed by atoms with Gasteiger partial charge in [-0.25, -0.2) is 0 Å². The van der Waals surface area contributed by atoms with E-state index in [1.807, 2.05) is 55.5 Å². The largest absolute Gasteiger partial charge is 0.481 e. The predicted molar refractivity (Wildman–Crippen MR) is 121 cm³/mol. The number of hydrogen-bond donors (Lipinski definition) is 2. The van der Waals surface area contributed by atoms with E-state index in [-0.39, 0.29) is 5.78 Å². The van der Waals surface area contributed by atoms with Crippen LogP contribution in [0.5, 0.6) is 0 Å². The first-order valence-corrected chi connectivity index (χ1v) is 10.2. The number of ketones is 1. The quantitative estimate of drug-likeness (QED) is 0.420. The maximum atomic E-state index is 12.9. The lowest BCUT2D eigenvalue weighted by Crippen LogP contribution is -2.10. The fourth-order valence-electron chi connectivity index (χ4n) is 3.26. The van der Waals surface area contributed by atoms with E-state index in [4.69, 9.17) is 16.7 Å². The fraction of sp³-hybridized carbons (Fsp3) is 0.200. The first-order chi connectivity index (χ1) is 14.4. The molecule has 0 amide bonds. The van der Waals surface area contributed by atoms with Crippen molar-refractivity contribution in [3.63, 3.8) is 0 Å². The zero-order valence-corrected chi connectivity index (χ0v) is 17.7. The van der Waals surface area contributed by atoms with Gasteiger partial charge in [0.1, 0.15) is 0 Å². The van der Waals surface area contributed by atoms with Gasteiger partial charge < -0.3 is 10.4 Å². The van der Waals surface area contributed by atoms with Gasteiger partial charge in [0.25, 0.3) is 0 Å². The Labute approximate surface area is 181 Å². The molecule has 3 rings (SSSR count). The molecule has 0 aromatic heterocycles. The molecule has 0 spiro atoms. The molecule has 0 fully saturated rings. The monoisotopic (exact) mass is 421 g/mol. The number of halogens is 1. The van der Waals surface area contributed by atoms with Crippen molar-refractivity contribution in [2.75, 3.05) is 5.32 Å². The summed E-state index contributed by atoms with van der Waals surface area (Å²) < 4.78 is 0. The number of carboxylic acids is 1. The lowest BCUT2D eigenvalue weighted by molar-refractivity contribution is -0.141. The first-order valence-electron chi connectivity index (χ1n) is 9.84. The van der Waals surface area contributed by atoms with Crippen molar-refractivity contribution in [2.45, 2.75) is 26.7 Å². The van der Waals surface area contributed by atoms with Crippen LogP contribution in [0.2, 0.25) is 5.02 Å². The summed E-state index contributed by atoms with van der Waals surface area (Å²) in [6, 6.07) is 20.5. The lowest BCUT2D eigenvalue weighted by Gasteiger charge is -2.14. The van der Waals surface area contributed by atoms with Gasteiger partial charge in [-0.05, 0) is 55.2 Å². The molecule has 0 saturated carbocycles. The smallest absolute Gasteiger partial charge is 0.306 e. The second-order valence-corrected chi connectivity index (χ2v) is 7.81. The molecule has 4 nitrogen and oxygen atoms in total. The molecule has 0 bridgehead atoms. The fourth-order valence-corrected chi connectivity index (χ4v) is 3.53. The van der Waals surface area contributed by atoms with Gasteiger partial charge in [-0.2, -0.15) is 0 Å². The Hall–Kier alpha value is -3.11. The van der Waals surface area contributed by atoms with E-state index < -0.39 is 11.9 Å². The van der Waals surface area contributed by atoms with Gasteiger partial charge >= 0.3 is 5.97 Å². The Morgan fingerprint density at radius 2 is 1.70 bits per heavy atom. The second kappa shape index (κ2) is 9.59. The third kappa shape index (κ3) is 5.08. The van der Waals surface area contributed by atoms with Crippen molar-refractivity contribution >= 4 is 34.7 Å². The average molecular weight is 422 g/mol. The van der Waals surface area contributed by atoms with Gasteiger partial charge in [-0.1, -0.05) is 61.0 Å². The summed E-state index contributed by atoms with van der Waals surface area (Å²) in [4.78, 5) is 23.9. The number of rotatable bonds is 8. The normalized spacial score (nSPS) is 11.7. The summed E-state index contributed by atoms with van der Waals surface area (Å²) in [6.45, 7) is 3.61. The van der Waals surface area contributed by atoms with Crippen LogP contribution in [0.4, 0.5) is 11.4 Å². The van der Waals surface area contributed by atoms with Gasteiger partial charge in [0.15, 0.2) is 5.78 Å². The highest BCUT2D eigenvalue weighted by Gasteiger charge is 2.16. The summed E-state index contributed by atoms with van der Waals surface area (Å²) in [7, 11) is 0. The van der Waals surface area contributed by atoms with Crippen LogP contribution in [0.3, 0.4) is 0 Å². The molecule has 0 aliphatic heterocycles. The highest BCUT2D eigenvalue weighted by atomic mass is 35.5. The SMILES string of the molecule is Cc1ccccc1C(=O)c1ccc(Nc2ccccc2CCC(C)C(=O)O)cc1Cl. The van der Waals surface area contributed by atoms with Crippen LogP contribution in [-0.2, 0) is 11.2 Å². The molecular formula is C25H24ClNO3. The van der Waals surface area contributed by atoms with E-state index in [1.165, 1.54) is 0 Å². The zero-order chi connectivity index (χ0) is 21.7. The zero-order valence-electron chi connectivity index (χ0n) is 17.0. The van der Waals surface area contributed by atoms with Gasteiger partial charge in [0.2, 0.25) is 0 Å². The minimum atomic E-state index is -0.791. The highest BCUT2D eigenvalue weighted by molar-refractivity contribution is 6.35. The minimum Gasteiger partial charge on any atom is -0.481 e. The molecule has 0 aliphatic carbocycles. The van der Waals surface area contributed by atoms with Crippen LogP contribution in [0.1, 0.15) is 40.4 Å². The third-order valence-corrected chi connectivity index (χ3v) is 5.48. The Balaban J connectivity index is 1.79. The molecule has 0 heterocycles. The van der Waals surface area contributed by atoms with Crippen molar-refractivity contribution in [1.82, 2.24) is 0 Å². The van der Waals surface area contributed by atoms with Crippen molar-refractivity contribution < 1.29 is 14.7 Å². The summed E-state index contributed by atoms with van der Waals surface area (Å²) in [6.07, 6.45) is 1.20. The maximum Gasteiger partial charge on any atom is 0.306 e. The Kier molecular flexibility index (Phi) is 6.91. The molecule has 5 heteroatoms. The number of anilines is 2. The van der Waals surface area contributed by atoms with Crippen molar-refractivity contribution in [3.05, 3.63) is 94.0 Å².